The number of esters is 1. The van der Waals surface area contributed by atoms with Gasteiger partial charge in [-0.15, -0.1) is 8.86 Å². The first kappa shape index (κ1) is 16.2. The first-order valence-electron chi connectivity index (χ1n) is 7.67. The molecule has 2 nitrogen and oxygen atoms in total. The lowest BCUT2D eigenvalue weighted by molar-refractivity contribution is -0.144. The molecule has 0 unspecified atom stereocenters. The molecule has 0 aliphatic rings. The van der Waals surface area contributed by atoms with Gasteiger partial charge in [-0.1, -0.05) is 91.0 Å². The highest BCUT2D eigenvalue weighted by atomic mass is 31.0. The second-order valence-corrected chi connectivity index (χ2v) is 5.63. The minimum atomic E-state index is -1.01. The van der Waals surface area contributed by atoms with Gasteiger partial charge in [0, 0.05) is 22.5 Å². The van der Waals surface area contributed by atoms with Gasteiger partial charge in [0.05, 0.1) is 0 Å². The molecule has 0 fully saturated rings. The van der Waals surface area contributed by atoms with E-state index in [4.69, 9.17) is 4.74 Å². The largest absolute Gasteiger partial charge is 0.441 e. The summed E-state index contributed by atoms with van der Waals surface area (Å²) in [6.45, 7) is 0. The molecular weight excluding hydrogens is 315 g/mol. The zero-order valence-electron chi connectivity index (χ0n) is 13.1. The maximum atomic E-state index is 12.2. The van der Waals surface area contributed by atoms with Gasteiger partial charge in [0.1, 0.15) is 0 Å². The molecule has 0 aliphatic carbocycles. The molecule has 3 heteroatoms. The van der Waals surface area contributed by atoms with E-state index in [0.717, 1.165) is 16.7 Å². The molecule has 0 bridgehead atoms. The zero-order chi connectivity index (χ0) is 16.8. The van der Waals surface area contributed by atoms with Gasteiger partial charge in [0.25, 0.3) is 0 Å². The smallest absolute Gasteiger partial charge is 0.336 e. The standard InChI is InChI=1S/C21H17O2P/c22-20(16-24)23-21(17-10-4-1-5-11-17,18-12-6-2-7-13-18)19-14-8-3-9-15-19/h1-16,24H. The first-order chi connectivity index (χ1) is 11.8. The predicted molar refractivity (Wildman–Crippen MR) is 99.7 cm³/mol. The third kappa shape index (κ3) is 3.02. The molecule has 3 rings (SSSR count). The fourth-order valence-electron chi connectivity index (χ4n) is 2.88. The van der Waals surface area contributed by atoms with Crippen molar-refractivity contribution in [3.8, 4) is 0 Å². The molecule has 0 saturated heterocycles. The first-order valence-corrected chi connectivity index (χ1v) is 8.25. The molecule has 0 heterocycles. The van der Waals surface area contributed by atoms with E-state index >= 15 is 0 Å². The third-order valence-electron chi connectivity index (χ3n) is 3.91. The summed E-state index contributed by atoms with van der Waals surface area (Å²) in [7, 11) is 3.14. The Hall–Kier alpha value is -2.70. The number of hydrogen-bond donors (Lipinski definition) is 0. The van der Waals surface area contributed by atoms with Crippen LogP contribution >= 0.6 is 8.86 Å². The van der Waals surface area contributed by atoms with E-state index in [-0.39, 0.29) is 0 Å². The van der Waals surface area contributed by atoms with Gasteiger partial charge in [0.2, 0.25) is 0 Å². The Bertz CT molecular complexity index is 718. The van der Waals surface area contributed by atoms with E-state index in [0.29, 0.717) is 0 Å². The van der Waals surface area contributed by atoms with Crippen LogP contribution in [0, 0.1) is 0 Å². The van der Waals surface area contributed by atoms with Crippen LogP contribution in [-0.4, -0.2) is 11.8 Å². The van der Waals surface area contributed by atoms with Crippen LogP contribution in [0.4, 0.5) is 0 Å². The van der Waals surface area contributed by atoms with Gasteiger partial charge in [-0.05, 0) is 0 Å². The number of ether oxygens (including phenoxy) is 1. The van der Waals surface area contributed by atoms with Crippen LogP contribution in [0.3, 0.4) is 0 Å². The minimum Gasteiger partial charge on any atom is -0.441 e. The van der Waals surface area contributed by atoms with E-state index in [1.807, 2.05) is 91.0 Å². The molecule has 24 heavy (non-hydrogen) atoms. The van der Waals surface area contributed by atoms with Crippen LogP contribution in [0.5, 0.6) is 0 Å². The Morgan fingerprint density at radius 2 is 1.04 bits per heavy atom. The highest BCUT2D eigenvalue weighted by molar-refractivity contribution is 7.21. The Morgan fingerprint density at radius 3 is 1.33 bits per heavy atom. The number of rotatable bonds is 5. The Labute approximate surface area is 144 Å². The maximum Gasteiger partial charge on any atom is 0.336 e. The molecule has 118 valence electrons. The molecule has 0 amide bonds. The number of carbonyl (C=O) groups excluding carboxylic acids is 1. The number of carbonyl (C=O) groups is 1. The van der Waals surface area contributed by atoms with Gasteiger partial charge in [-0.25, -0.2) is 4.79 Å². The second-order valence-electron chi connectivity index (χ2n) is 5.34. The average Bonchev–Trinajstić information content (AvgIpc) is 2.68. The summed E-state index contributed by atoms with van der Waals surface area (Å²) in [5.74, 6) is 0.812. The summed E-state index contributed by atoms with van der Waals surface area (Å²) in [5.41, 5.74) is 1.67. The monoisotopic (exact) mass is 332 g/mol. The van der Waals surface area contributed by atoms with E-state index in [1.165, 1.54) is 5.80 Å². The van der Waals surface area contributed by atoms with Crippen molar-refractivity contribution in [3.05, 3.63) is 108 Å². The molecule has 0 aliphatic heterocycles. The van der Waals surface area contributed by atoms with E-state index in [2.05, 4.69) is 8.86 Å². The predicted octanol–water partition coefficient (Wildman–Crippen LogP) is 4.47. The SMILES string of the molecule is O=C(C=P)OC(c1ccccc1)(c1ccccc1)c1ccccc1. The van der Waals surface area contributed by atoms with Crippen LogP contribution in [0.2, 0.25) is 0 Å². The molecule has 0 spiro atoms. The topological polar surface area (TPSA) is 26.3 Å². The molecule has 0 N–H and O–H groups in total. The van der Waals surface area contributed by atoms with Crippen molar-refractivity contribution in [1.82, 2.24) is 0 Å². The van der Waals surface area contributed by atoms with Crippen LogP contribution in [0.15, 0.2) is 91.0 Å². The lowest BCUT2D eigenvalue weighted by atomic mass is 9.80. The summed E-state index contributed by atoms with van der Waals surface area (Å²) >= 11 is 0. The van der Waals surface area contributed by atoms with Crippen LogP contribution in [0.25, 0.3) is 0 Å². The Balaban J connectivity index is 2.32. The highest BCUT2D eigenvalue weighted by Crippen LogP contribution is 2.40. The van der Waals surface area contributed by atoms with Crippen LogP contribution in [-0.2, 0) is 15.1 Å². The van der Waals surface area contributed by atoms with Crippen molar-refractivity contribution in [2.24, 2.45) is 0 Å². The summed E-state index contributed by atoms with van der Waals surface area (Å²) in [5, 5.41) is 0. The van der Waals surface area contributed by atoms with Crippen molar-refractivity contribution >= 4 is 20.6 Å². The molecule has 3 aromatic rings. The minimum absolute atomic E-state index is 0.441. The molecular formula is C21H17O2P. The Morgan fingerprint density at radius 1 is 0.708 bits per heavy atom. The average molecular weight is 332 g/mol. The lowest BCUT2D eigenvalue weighted by Crippen LogP contribution is -2.35. The van der Waals surface area contributed by atoms with Crippen molar-refractivity contribution in [1.29, 1.82) is 0 Å². The number of hydrogen-bond acceptors (Lipinski definition) is 2. The zero-order valence-corrected chi connectivity index (χ0v) is 14.1. The van der Waals surface area contributed by atoms with Crippen molar-refractivity contribution in [3.63, 3.8) is 0 Å². The second kappa shape index (κ2) is 7.25. The quantitative estimate of drug-likeness (QED) is 0.391. The summed E-state index contributed by atoms with van der Waals surface area (Å²) < 4.78 is 6.00. The summed E-state index contributed by atoms with van der Waals surface area (Å²) in [6.07, 6.45) is 0. The van der Waals surface area contributed by atoms with Crippen molar-refractivity contribution in [2.75, 3.05) is 0 Å². The molecule has 0 radical (unpaired) electrons. The lowest BCUT2D eigenvalue weighted by Gasteiger charge is -2.34. The third-order valence-corrected chi connectivity index (χ3v) is 4.15. The Kier molecular flexibility index (Phi) is 4.88. The van der Waals surface area contributed by atoms with Gasteiger partial charge in [-0.3, -0.25) is 0 Å². The molecule has 0 aromatic heterocycles. The van der Waals surface area contributed by atoms with Crippen molar-refractivity contribution in [2.45, 2.75) is 5.60 Å². The van der Waals surface area contributed by atoms with Gasteiger partial charge < -0.3 is 4.74 Å². The van der Waals surface area contributed by atoms with Gasteiger partial charge in [-0.2, -0.15) is 0 Å². The normalized spacial score (nSPS) is 10.8. The summed E-state index contributed by atoms with van der Waals surface area (Å²) in [6, 6.07) is 29.4. The number of benzene rings is 3. The van der Waals surface area contributed by atoms with Gasteiger partial charge >= 0.3 is 5.97 Å². The van der Waals surface area contributed by atoms with Crippen LogP contribution < -0.4 is 0 Å². The fourth-order valence-corrected chi connectivity index (χ4v) is 2.93. The maximum absolute atomic E-state index is 12.2. The highest BCUT2D eigenvalue weighted by Gasteiger charge is 2.39. The molecule has 0 atom stereocenters. The van der Waals surface area contributed by atoms with E-state index in [9.17, 15) is 4.79 Å². The summed E-state index contributed by atoms with van der Waals surface area (Å²) in [4.78, 5) is 12.2. The fraction of sp³-hybridized carbons (Fsp3) is 0.0476. The van der Waals surface area contributed by atoms with Crippen molar-refractivity contribution < 1.29 is 9.53 Å². The van der Waals surface area contributed by atoms with Gasteiger partial charge in [0.15, 0.2) is 5.60 Å². The van der Waals surface area contributed by atoms with E-state index in [1.54, 1.807) is 0 Å². The molecule has 3 aromatic carbocycles. The van der Waals surface area contributed by atoms with Crippen LogP contribution in [0.1, 0.15) is 16.7 Å². The molecule has 0 saturated carbocycles. The van der Waals surface area contributed by atoms with E-state index < -0.39 is 11.6 Å².